The van der Waals surface area contributed by atoms with Crippen molar-refractivity contribution in [2.24, 2.45) is 0 Å². The Morgan fingerprint density at radius 1 is 0.338 bits per heavy atom. The van der Waals surface area contributed by atoms with E-state index >= 15 is 0 Å². The van der Waals surface area contributed by atoms with E-state index in [-0.39, 0.29) is 10.8 Å². The Hall–Kier alpha value is -7.94. The highest BCUT2D eigenvalue weighted by Crippen LogP contribution is 2.49. The molecule has 1 heterocycles. The van der Waals surface area contributed by atoms with Gasteiger partial charge >= 0.3 is 0 Å². The minimum absolute atomic E-state index is 0.0253. The lowest BCUT2D eigenvalue weighted by atomic mass is 9.85. The number of hydrogen-bond acceptors (Lipinski definition) is 1. The molecule has 0 saturated heterocycles. The van der Waals surface area contributed by atoms with Crippen LogP contribution in [0.4, 0.5) is 17.1 Å². The molecule has 2 heteroatoms. The van der Waals surface area contributed by atoms with Crippen molar-refractivity contribution in [3.63, 3.8) is 0 Å². The average Bonchev–Trinajstić information content (AvgIpc) is 3.69. The summed E-state index contributed by atoms with van der Waals surface area (Å²) < 4.78 is 2.53. The van der Waals surface area contributed by atoms with Crippen LogP contribution in [0.25, 0.3) is 93.2 Å². The van der Waals surface area contributed by atoms with Gasteiger partial charge in [0, 0.05) is 32.8 Å². The van der Waals surface area contributed by atoms with Gasteiger partial charge in [-0.1, -0.05) is 205 Å². The number of hydrogen-bond donors (Lipinski definition) is 0. The number of nitrogens with zero attached hydrogens (tertiary/aromatic N) is 2. The van der Waals surface area contributed by atoms with E-state index < -0.39 is 0 Å². The molecule has 0 amide bonds. The second-order valence-corrected chi connectivity index (χ2v) is 20.6. The number of fused-ring (bicyclic) bond motifs is 3. The summed E-state index contributed by atoms with van der Waals surface area (Å²) >= 11 is 0. The minimum Gasteiger partial charge on any atom is -0.309 e. The fourth-order valence-electron chi connectivity index (χ4n) is 10.7. The third-order valence-corrected chi connectivity index (χ3v) is 14.3. The Bertz CT molecular complexity index is 3790. The van der Waals surface area contributed by atoms with Gasteiger partial charge in [-0.3, -0.25) is 0 Å². The average molecular weight is 875 g/mol. The summed E-state index contributed by atoms with van der Waals surface area (Å²) in [4.78, 5) is 2.50. The van der Waals surface area contributed by atoms with Crippen LogP contribution < -0.4 is 4.90 Å². The number of para-hydroxylation sites is 1. The molecule has 0 aliphatic carbocycles. The van der Waals surface area contributed by atoms with Crippen LogP contribution in [0, 0.1) is 0 Å². The summed E-state index contributed by atoms with van der Waals surface area (Å²) in [7, 11) is 0. The number of anilines is 3. The van der Waals surface area contributed by atoms with Gasteiger partial charge < -0.3 is 9.47 Å². The van der Waals surface area contributed by atoms with Gasteiger partial charge in [-0.2, -0.15) is 0 Å². The first kappa shape index (κ1) is 41.5. The van der Waals surface area contributed by atoms with Crippen molar-refractivity contribution < 1.29 is 0 Å². The summed E-state index contributed by atoms with van der Waals surface area (Å²) in [5, 5.41) is 10.1. The summed E-state index contributed by atoms with van der Waals surface area (Å²) in [5.41, 5.74) is 16.9. The maximum atomic E-state index is 2.53. The second-order valence-electron chi connectivity index (χ2n) is 20.6. The molecule has 1 aromatic heterocycles. The summed E-state index contributed by atoms with van der Waals surface area (Å²) in [6.45, 7) is 13.9. The highest BCUT2D eigenvalue weighted by molar-refractivity contribution is 6.27. The van der Waals surface area contributed by atoms with Gasteiger partial charge in [0.05, 0.1) is 28.1 Å². The predicted octanol–water partition coefficient (Wildman–Crippen LogP) is 18.7. The normalized spacial score (nSPS) is 12.3. The molecule has 68 heavy (non-hydrogen) atoms. The van der Waals surface area contributed by atoms with Crippen LogP contribution in [0.1, 0.15) is 52.7 Å². The smallest absolute Gasteiger partial charge is 0.0541 e. The fraction of sp³-hybridized carbons (Fsp3) is 0.121. The van der Waals surface area contributed by atoms with Gasteiger partial charge in [0.2, 0.25) is 0 Å². The molecule has 0 unspecified atom stereocenters. The minimum atomic E-state index is 0.0253. The molecule has 0 atom stereocenters. The van der Waals surface area contributed by atoms with Gasteiger partial charge in [-0.15, -0.1) is 0 Å². The van der Waals surface area contributed by atoms with E-state index in [0.29, 0.717) is 0 Å². The van der Waals surface area contributed by atoms with Crippen LogP contribution in [-0.2, 0) is 10.8 Å². The molecule has 0 N–H and O–H groups in total. The molecule has 0 radical (unpaired) electrons. The predicted molar refractivity (Wildman–Crippen MR) is 293 cm³/mol. The van der Waals surface area contributed by atoms with Crippen molar-refractivity contribution in [2.75, 3.05) is 4.90 Å². The summed E-state index contributed by atoms with van der Waals surface area (Å²) in [6, 6.07) is 81.3. The van der Waals surface area contributed by atoms with Crippen LogP contribution in [0.3, 0.4) is 0 Å². The van der Waals surface area contributed by atoms with Crippen LogP contribution in [0.5, 0.6) is 0 Å². The first-order valence-electron chi connectivity index (χ1n) is 24.0. The van der Waals surface area contributed by atoms with Crippen molar-refractivity contribution >= 4 is 71.2 Å². The molecule has 0 bridgehead atoms. The van der Waals surface area contributed by atoms with E-state index in [1.165, 1.54) is 104 Å². The monoisotopic (exact) mass is 874 g/mol. The van der Waals surface area contributed by atoms with E-state index in [1.54, 1.807) is 0 Å². The van der Waals surface area contributed by atoms with Crippen molar-refractivity contribution in [2.45, 2.75) is 52.4 Å². The molecule has 12 aromatic rings. The van der Waals surface area contributed by atoms with E-state index in [0.717, 1.165) is 17.1 Å². The molecule has 0 aliphatic rings. The topological polar surface area (TPSA) is 8.17 Å². The second kappa shape index (κ2) is 15.9. The van der Waals surface area contributed by atoms with Crippen LogP contribution in [0.15, 0.2) is 218 Å². The maximum absolute atomic E-state index is 2.53. The Kier molecular flexibility index (Phi) is 9.67. The lowest BCUT2D eigenvalue weighted by Gasteiger charge is -2.30. The molecule has 0 saturated carbocycles. The lowest BCUT2D eigenvalue weighted by Crippen LogP contribution is -2.12. The third-order valence-electron chi connectivity index (χ3n) is 14.3. The van der Waals surface area contributed by atoms with Gasteiger partial charge in [0.25, 0.3) is 0 Å². The molecule has 0 fully saturated rings. The number of rotatable bonds is 7. The van der Waals surface area contributed by atoms with Crippen molar-refractivity contribution in [3.05, 3.63) is 230 Å². The SMILES string of the molecule is CC(C)(C)c1ccc2c(c1)c1cc(C(C)(C)C)ccc1n2-c1ccc2ccc3c(N(c4cccc(-c5ccccc5)c4)c4ccccc4-c4ccccc4-c4ccccc4)ccc4ccc1c2c43. The Morgan fingerprint density at radius 2 is 0.853 bits per heavy atom. The van der Waals surface area contributed by atoms with Gasteiger partial charge in [-0.05, 0) is 126 Å². The van der Waals surface area contributed by atoms with E-state index in [2.05, 4.69) is 269 Å². The zero-order valence-electron chi connectivity index (χ0n) is 39.7. The van der Waals surface area contributed by atoms with Gasteiger partial charge in [-0.25, -0.2) is 0 Å². The van der Waals surface area contributed by atoms with Crippen LogP contribution >= 0.6 is 0 Å². The summed E-state index contributed by atoms with van der Waals surface area (Å²) in [6.07, 6.45) is 0. The maximum Gasteiger partial charge on any atom is 0.0541 e. The first-order valence-corrected chi connectivity index (χ1v) is 24.0. The standard InChI is InChI=1S/C66H54N2/c1-65(2,3)48-32-38-61-56(41-48)57-42-49(66(4,5)6)33-39-62(57)68(61)60-37-31-46-28-34-54-59(36-30-45-29-35-55(60)64(46)63(45)54)67(50-23-17-22-47(40-50)43-18-9-7-10-19-43)58-27-16-15-26-53(58)52-25-14-13-24-51(52)44-20-11-8-12-21-44/h7-42H,1-6H3. The zero-order valence-corrected chi connectivity index (χ0v) is 39.7. The molecule has 328 valence electrons. The van der Waals surface area contributed by atoms with Crippen LogP contribution in [-0.4, -0.2) is 4.57 Å². The highest BCUT2D eigenvalue weighted by Gasteiger charge is 2.25. The third kappa shape index (κ3) is 6.86. The zero-order chi connectivity index (χ0) is 46.3. The molecule has 12 rings (SSSR count). The van der Waals surface area contributed by atoms with Crippen molar-refractivity contribution in [3.8, 4) is 39.1 Å². The molecule has 2 nitrogen and oxygen atoms in total. The molecular formula is C66H54N2. The van der Waals surface area contributed by atoms with Crippen molar-refractivity contribution in [1.82, 2.24) is 4.57 Å². The molecular weight excluding hydrogens is 821 g/mol. The fourth-order valence-corrected chi connectivity index (χ4v) is 10.7. The van der Waals surface area contributed by atoms with E-state index in [4.69, 9.17) is 0 Å². The molecule has 0 spiro atoms. The number of aromatic nitrogens is 1. The lowest BCUT2D eigenvalue weighted by molar-refractivity contribution is 0.590. The van der Waals surface area contributed by atoms with Gasteiger partial charge in [0.1, 0.15) is 0 Å². The largest absolute Gasteiger partial charge is 0.309 e. The van der Waals surface area contributed by atoms with Crippen LogP contribution in [0.2, 0.25) is 0 Å². The van der Waals surface area contributed by atoms with E-state index in [9.17, 15) is 0 Å². The quantitative estimate of drug-likeness (QED) is 0.145. The summed E-state index contributed by atoms with van der Waals surface area (Å²) in [5.74, 6) is 0. The Morgan fingerprint density at radius 3 is 1.50 bits per heavy atom. The molecule has 11 aromatic carbocycles. The van der Waals surface area contributed by atoms with Gasteiger partial charge in [0.15, 0.2) is 0 Å². The van der Waals surface area contributed by atoms with Crippen molar-refractivity contribution in [1.29, 1.82) is 0 Å². The van der Waals surface area contributed by atoms with E-state index in [1.807, 2.05) is 0 Å². The molecule has 0 aliphatic heterocycles. The number of benzene rings is 11. The Labute approximate surface area is 399 Å². The first-order chi connectivity index (χ1) is 33.0. The highest BCUT2D eigenvalue weighted by atomic mass is 15.1. The Balaban J connectivity index is 1.12.